The van der Waals surface area contributed by atoms with Gasteiger partial charge < -0.3 is 15.0 Å². The van der Waals surface area contributed by atoms with Crippen LogP contribution in [-0.4, -0.2) is 29.0 Å². The first kappa shape index (κ1) is 19.6. The second-order valence-electron chi connectivity index (χ2n) is 6.62. The number of para-hydroxylation sites is 1. The largest absolute Gasteiger partial charge is 0.491 e. The summed E-state index contributed by atoms with van der Waals surface area (Å²) in [5.41, 5.74) is 3.17. The molecular formula is C23H19F2N3O2. The van der Waals surface area contributed by atoms with Crippen molar-refractivity contribution in [2.24, 2.45) is 0 Å². The smallest absolute Gasteiger partial charge is 0.295 e. The Kier molecular flexibility index (Phi) is 5.70. The first-order valence-electron chi connectivity index (χ1n) is 9.45. The maximum absolute atomic E-state index is 12.8. The second kappa shape index (κ2) is 8.73. The standard InChI is InChI=1S/C23H19F2N3O2/c24-21(25)22-27-18-11-10-16(14-19(18)28-22)23(29)26-12-13-30-20-9-5-4-8-17(20)15-6-2-1-3-7-15/h1-11,14,21H,12-13H2,(H,26,29)(H,27,28). The van der Waals surface area contributed by atoms with E-state index in [1.165, 1.54) is 6.07 Å². The third kappa shape index (κ3) is 4.30. The summed E-state index contributed by atoms with van der Waals surface area (Å²) in [4.78, 5) is 18.7. The van der Waals surface area contributed by atoms with Crippen LogP contribution in [0, 0.1) is 0 Å². The molecule has 0 atom stereocenters. The molecule has 4 aromatic rings. The fraction of sp³-hybridized carbons (Fsp3) is 0.130. The van der Waals surface area contributed by atoms with Crippen molar-refractivity contribution in [2.75, 3.05) is 13.2 Å². The number of ether oxygens (including phenoxy) is 1. The normalized spacial score (nSPS) is 11.0. The number of imidazole rings is 1. The average molecular weight is 407 g/mol. The molecule has 30 heavy (non-hydrogen) atoms. The Labute approximate surface area is 171 Å². The molecule has 0 bridgehead atoms. The number of benzene rings is 3. The highest BCUT2D eigenvalue weighted by molar-refractivity contribution is 5.97. The Morgan fingerprint density at radius 1 is 1.03 bits per heavy atom. The zero-order chi connectivity index (χ0) is 20.9. The van der Waals surface area contributed by atoms with Crippen LogP contribution in [0.3, 0.4) is 0 Å². The molecule has 0 saturated heterocycles. The van der Waals surface area contributed by atoms with Gasteiger partial charge in [0, 0.05) is 11.1 Å². The number of alkyl halides is 2. The first-order chi connectivity index (χ1) is 14.6. The van der Waals surface area contributed by atoms with Crippen LogP contribution in [0.25, 0.3) is 22.2 Å². The molecule has 2 N–H and O–H groups in total. The lowest BCUT2D eigenvalue weighted by Crippen LogP contribution is -2.28. The minimum atomic E-state index is -2.69. The minimum absolute atomic E-state index is 0.289. The monoisotopic (exact) mass is 407 g/mol. The number of rotatable bonds is 7. The molecule has 0 aliphatic rings. The number of nitrogens with one attached hydrogen (secondary N) is 2. The van der Waals surface area contributed by atoms with Gasteiger partial charge in [0.05, 0.1) is 17.6 Å². The lowest BCUT2D eigenvalue weighted by molar-refractivity contribution is 0.0947. The Bertz CT molecular complexity index is 1160. The van der Waals surface area contributed by atoms with Crippen LogP contribution >= 0.6 is 0 Å². The van der Waals surface area contributed by atoms with Crippen molar-refractivity contribution in [1.82, 2.24) is 15.3 Å². The van der Waals surface area contributed by atoms with Crippen molar-refractivity contribution >= 4 is 16.9 Å². The molecule has 1 aromatic heterocycles. The van der Waals surface area contributed by atoms with E-state index in [0.29, 0.717) is 23.1 Å². The molecule has 0 fully saturated rings. The van der Waals surface area contributed by atoms with Gasteiger partial charge in [-0.2, -0.15) is 0 Å². The van der Waals surface area contributed by atoms with Crippen LogP contribution in [0.4, 0.5) is 8.78 Å². The highest BCUT2D eigenvalue weighted by Gasteiger charge is 2.14. The number of carbonyl (C=O) groups is 1. The average Bonchev–Trinajstić information content (AvgIpc) is 3.21. The molecular weight excluding hydrogens is 388 g/mol. The predicted molar refractivity (Wildman–Crippen MR) is 111 cm³/mol. The van der Waals surface area contributed by atoms with E-state index in [1.807, 2.05) is 54.6 Å². The van der Waals surface area contributed by atoms with Crippen LogP contribution in [0.15, 0.2) is 72.8 Å². The Morgan fingerprint density at radius 3 is 2.60 bits per heavy atom. The molecule has 0 saturated carbocycles. The highest BCUT2D eigenvalue weighted by Crippen LogP contribution is 2.29. The number of hydrogen-bond acceptors (Lipinski definition) is 3. The van der Waals surface area contributed by atoms with Crippen molar-refractivity contribution in [1.29, 1.82) is 0 Å². The van der Waals surface area contributed by atoms with Gasteiger partial charge in [-0.05, 0) is 29.8 Å². The zero-order valence-corrected chi connectivity index (χ0v) is 15.9. The Morgan fingerprint density at radius 2 is 1.80 bits per heavy atom. The summed E-state index contributed by atoms with van der Waals surface area (Å²) in [6.07, 6.45) is -2.69. The summed E-state index contributed by atoms with van der Waals surface area (Å²) in [6, 6.07) is 22.2. The first-order valence-corrected chi connectivity index (χ1v) is 9.45. The van der Waals surface area contributed by atoms with E-state index in [9.17, 15) is 13.6 Å². The summed E-state index contributed by atoms with van der Waals surface area (Å²) in [7, 11) is 0. The maximum Gasteiger partial charge on any atom is 0.295 e. The topological polar surface area (TPSA) is 67.0 Å². The van der Waals surface area contributed by atoms with Crippen molar-refractivity contribution in [3.8, 4) is 16.9 Å². The molecule has 1 amide bonds. The van der Waals surface area contributed by atoms with Gasteiger partial charge in [-0.15, -0.1) is 0 Å². The second-order valence-corrected chi connectivity index (χ2v) is 6.62. The van der Waals surface area contributed by atoms with Gasteiger partial charge in [-0.3, -0.25) is 4.79 Å². The van der Waals surface area contributed by atoms with Crippen LogP contribution in [0.5, 0.6) is 5.75 Å². The SMILES string of the molecule is O=C(NCCOc1ccccc1-c1ccccc1)c1ccc2nc(C(F)F)[nH]c2c1. The number of aromatic nitrogens is 2. The van der Waals surface area contributed by atoms with Crippen LogP contribution in [0.2, 0.25) is 0 Å². The minimum Gasteiger partial charge on any atom is -0.491 e. The van der Waals surface area contributed by atoms with E-state index >= 15 is 0 Å². The zero-order valence-electron chi connectivity index (χ0n) is 15.9. The molecule has 0 aliphatic heterocycles. The molecule has 0 spiro atoms. The van der Waals surface area contributed by atoms with E-state index in [2.05, 4.69) is 15.3 Å². The van der Waals surface area contributed by atoms with Gasteiger partial charge >= 0.3 is 0 Å². The van der Waals surface area contributed by atoms with Gasteiger partial charge in [0.1, 0.15) is 12.4 Å². The number of fused-ring (bicyclic) bond motifs is 1. The molecule has 7 heteroatoms. The van der Waals surface area contributed by atoms with E-state index in [-0.39, 0.29) is 12.5 Å². The number of H-pyrrole nitrogens is 1. The maximum atomic E-state index is 12.8. The van der Waals surface area contributed by atoms with Gasteiger partial charge in [0.25, 0.3) is 12.3 Å². The van der Waals surface area contributed by atoms with Crippen LogP contribution in [-0.2, 0) is 0 Å². The van der Waals surface area contributed by atoms with Gasteiger partial charge in [0.15, 0.2) is 5.82 Å². The molecule has 152 valence electrons. The molecule has 0 unspecified atom stereocenters. The van der Waals surface area contributed by atoms with E-state index in [4.69, 9.17) is 4.74 Å². The number of halogens is 2. The number of aromatic amines is 1. The van der Waals surface area contributed by atoms with E-state index < -0.39 is 12.2 Å². The van der Waals surface area contributed by atoms with Gasteiger partial charge in [-0.1, -0.05) is 48.5 Å². The quantitative estimate of drug-likeness (QED) is 0.425. The summed E-state index contributed by atoms with van der Waals surface area (Å²) < 4.78 is 31.4. The lowest BCUT2D eigenvalue weighted by Gasteiger charge is -2.12. The molecule has 4 rings (SSSR count). The Balaban J connectivity index is 1.36. The number of carbonyl (C=O) groups excluding carboxylic acids is 1. The fourth-order valence-corrected chi connectivity index (χ4v) is 3.15. The number of amides is 1. The fourth-order valence-electron chi connectivity index (χ4n) is 3.15. The number of hydrogen-bond donors (Lipinski definition) is 2. The van der Waals surface area contributed by atoms with Crippen molar-refractivity contribution in [2.45, 2.75) is 6.43 Å². The molecule has 0 aliphatic carbocycles. The van der Waals surface area contributed by atoms with Crippen LogP contribution < -0.4 is 10.1 Å². The lowest BCUT2D eigenvalue weighted by atomic mass is 10.1. The van der Waals surface area contributed by atoms with E-state index in [0.717, 1.165) is 16.9 Å². The molecule has 1 heterocycles. The van der Waals surface area contributed by atoms with Crippen molar-refractivity contribution in [3.63, 3.8) is 0 Å². The van der Waals surface area contributed by atoms with Crippen LogP contribution in [0.1, 0.15) is 22.6 Å². The third-order valence-corrected chi connectivity index (χ3v) is 4.59. The third-order valence-electron chi connectivity index (χ3n) is 4.59. The van der Waals surface area contributed by atoms with Gasteiger partial charge in [-0.25, -0.2) is 13.8 Å². The van der Waals surface area contributed by atoms with Crippen molar-refractivity contribution < 1.29 is 18.3 Å². The summed E-state index contributed by atoms with van der Waals surface area (Å²) >= 11 is 0. The molecule has 3 aromatic carbocycles. The summed E-state index contributed by atoms with van der Waals surface area (Å²) in [5, 5.41) is 2.78. The Hall–Kier alpha value is -3.74. The predicted octanol–water partition coefficient (Wildman–Crippen LogP) is 4.98. The summed E-state index contributed by atoms with van der Waals surface area (Å²) in [5.74, 6) is 0.00874. The summed E-state index contributed by atoms with van der Waals surface area (Å²) in [6.45, 7) is 0.586. The highest BCUT2D eigenvalue weighted by atomic mass is 19.3. The van der Waals surface area contributed by atoms with Crippen molar-refractivity contribution in [3.05, 3.63) is 84.2 Å². The van der Waals surface area contributed by atoms with Gasteiger partial charge in [0.2, 0.25) is 0 Å². The van der Waals surface area contributed by atoms with E-state index in [1.54, 1.807) is 12.1 Å². The number of nitrogens with zero attached hydrogens (tertiary/aromatic N) is 1. The molecule has 0 radical (unpaired) electrons. The molecule has 5 nitrogen and oxygen atoms in total.